The van der Waals surface area contributed by atoms with Gasteiger partial charge in [-0.05, 0) is 96.3 Å². The van der Waals surface area contributed by atoms with Gasteiger partial charge in [-0.25, -0.2) is 15.0 Å². The molecule has 6 rings (SSSR count). The zero-order valence-corrected chi connectivity index (χ0v) is 83.5. The minimum absolute atomic E-state index is 0.00926. The fourth-order valence-corrected chi connectivity index (χ4v) is 6.76. The number of aromatic nitrogens is 16. The van der Waals surface area contributed by atoms with Gasteiger partial charge in [0, 0.05) is 113 Å². The SMILES string of the molecule is CC(C)/C=C(\O)C(C)C.CC(C)C(N)=O.CC(C)C(N)=O.CC(C)C1=NN=NC1.CC(C)CC(=O)C(C)C.CC(C)N=C(N)C(C)C.CC(C)N=C(N)C(C)C.CC(C)NC(=O)C(C)C.CC(C)NC(O)C(C)C.CC(C)c1c[nH+]c(C(C)C)[nH]1.CC(C)c1cnc(C(C)C)[nH]1.CC(C)c1nn[nH]n1.CC(C)c1nn[nH]n1.CC(C)c1nn[nH]n1. The van der Waals surface area contributed by atoms with Crippen molar-refractivity contribution in [2.75, 3.05) is 6.54 Å². The average molecular weight is 1700 g/mol. The summed E-state index contributed by atoms with van der Waals surface area (Å²) in [6, 6.07) is 1.28. The predicted octanol–water partition coefficient (Wildman–Crippen LogP) is 17.4. The lowest BCUT2D eigenvalue weighted by atomic mass is 9.99. The maximum atomic E-state index is 11.0. The third-order valence-electron chi connectivity index (χ3n) is 15.0. The van der Waals surface area contributed by atoms with Crippen molar-refractivity contribution in [3.8, 4) is 0 Å². The Hall–Kier alpha value is -8.62. The third-order valence-corrected chi connectivity index (χ3v) is 15.0. The summed E-state index contributed by atoms with van der Waals surface area (Å²) in [5.74, 6) is 13.1. The number of imidazole rings is 2. The Labute approximate surface area is 726 Å². The summed E-state index contributed by atoms with van der Waals surface area (Å²) in [5.41, 5.74) is 24.3. The molecule has 5 aromatic rings. The number of aliphatic hydroxyl groups excluding tert-OH is 2. The molecule has 6 heterocycles. The van der Waals surface area contributed by atoms with Crippen molar-refractivity contribution in [1.29, 1.82) is 0 Å². The van der Waals surface area contributed by atoms with Crippen LogP contribution in [0, 0.1) is 65.1 Å². The van der Waals surface area contributed by atoms with Gasteiger partial charge in [0.2, 0.25) is 17.7 Å². The molecule has 1 unspecified atom stereocenters. The van der Waals surface area contributed by atoms with E-state index < -0.39 is 0 Å². The number of nitrogens with zero attached hydrogens (tertiary/aromatic N) is 15. The van der Waals surface area contributed by atoms with Crippen molar-refractivity contribution in [3.63, 3.8) is 0 Å². The van der Waals surface area contributed by atoms with Crippen LogP contribution in [-0.4, -0.2) is 165 Å². The molecular weight excluding hydrogens is 1520 g/mol. The maximum Gasteiger partial charge on any atom is 0.254 e. The highest BCUT2D eigenvalue weighted by molar-refractivity contribution is 5.88. The van der Waals surface area contributed by atoms with E-state index >= 15 is 0 Å². The molecule has 698 valence electrons. The highest BCUT2D eigenvalue weighted by Gasteiger charge is 2.15. The van der Waals surface area contributed by atoms with Crippen LogP contribution in [0.25, 0.3) is 0 Å². The van der Waals surface area contributed by atoms with Gasteiger partial charge in [-0.2, -0.15) is 20.8 Å². The minimum atomic E-state index is -0.356. The maximum absolute atomic E-state index is 11.0. The summed E-state index contributed by atoms with van der Waals surface area (Å²) in [7, 11) is 0. The summed E-state index contributed by atoms with van der Waals surface area (Å²) in [6.07, 6.45) is 6.24. The van der Waals surface area contributed by atoms with Crippen molar-refractivity contribution in [3.05, 3.63) is 64.7 Å². The molecule has 0 aromatic carbocycles. The first-order valence-electron chi connectivity index (χ1n) is 43.2. The highest BCUT2D eigenvalue weighted by Crippen LogP contribution is 2.17. The van der Waals surface area contributed by atoms with Crippen LogP contribution in [0.5, 0.6) is 0 Å². The van der Waals surface area contributed by atoms with Gasteiger partial charge in [-0.1, -0.05) is 265 Å². The number of allylic oxidation sites excluding steroid dienone is 2. The number of nitrogens with two attached hydrogens (primary N) is 4. The number of carbonyl (C=O) groups is 4. The number of rotatable bonds is 24. The van der Waals surface area contributed by atoms with Crippen LogP contribution in [0.2, 0.25) is 0 Å². The van der Waals surface area contributed by atoms with Gasteiger partial charge < -0.3 is 43.4 Å². The van der Waals surface area contributed by atoms with Crippen LogP contribution in [0.3, 0.4) is 0 Å². The highest BCUT2D eigenvalue weighted by atomic mass is 16.3. The lowest BCUT2D eigenvalue weighted by Crippen LogP contribution is -2.38. The van der Waals surface area contributed by atoms with E-state index in [9.17, 15) is 24.3 Å². The summed E-state index contributed by atoms with van der Waals surface area (Å²) in [5, 5.41) is 75.1. The van der Waals surface area contributed by atoms with Crippen LogP contribution in [0.15, 0.2) is 49.7 Å². The average Bonchev–Trinajstić information content (AvgIpc) is 1.75. The standard InChI is InChI=1S/2C9H16N2.2C8H16O.2C7H16N2.C7H17NO.C7H15NO.C5H9N3.3C4H8N4.2C4H9NO/c2*1-6(2)8-5-10-9(11-8)7(3)4;2*1-6(2)5-8(9)7(3)4;2*1-5(2)7(8)9-6(3)4;2*1-5(2)7(9)8-6(3)4;1-4(2)5-3-6-8-7-5;3*1-3(2)4-5-7-8-6-4;2*1-3(2)4(5)6/h2*5-7H,1-4H3,(H,10,11);6-7H,5H2,1-4H3;5-7,9H,1-4H3;2*5-6H,1-4H3,(H2,8,9);5-9H,1-4H3;5-6H,1-4H3,(H,8,9);4H,3H2,1-2H3;3*3H,1-2H3,(H,5,6,7,8);2*3H,1-2H3,(H2,5,6)/p+1/b;;;8-5-;;;;;;;;;;. The predicted molar refractivity (Wildman–Crippen MR) is 497 cm³/mol. The molecule has 0 spiro atoms. The van der Waals surface area contributed by atoms with Gasteiger partial charge in [-0.15, -0.1) is 35.7 Å². The van der Waals surface area contributed by atoms with E-state index in [1.165, 1.54) is 17.2 Å². The molecule has 0 radical (unpaired) electrons. The van der Waals surface area contributed by atoms with Crippen molar-refractivity contribution in [2.24, 2.45) is 113 Å². The Morgan fingerprint density at radius 2 is 0.858 bits per heavy atom. The molecule has 33 nitrogen and oxygen atoms in total. The summed E-state index contributed by atoms with van der Waals surface area (Å²) >= 11 is 0. The Bertz CT molecular complexity index is 3070. The molecule has 33 heteroatoms. The number of amides is 3. The van der Waals surface area contributed by atoms with E-state index in [1.54, 1.807) is 27.7 Å². The summed E-state index contributed by atoms with van der Waals surface area (Å²) in [4.78, 5) is 64.2. The fourth-order valence-electron chi connectivity index (χ4n) is 6.76. The number of ketones is 1. The van der Waals surface area contributed by atoms with Gasteiger partial charge in [0.25, 0.3) is 5.82 Å². The first kappa shape index (κ1) is 127. The number of nitrogens with one attached hydrogen (secondary N) is 8. The smallest absolute Gasteiger partial charge is 0.254 e. The fraction of sp³-hybridized carbons (Fsp3) is 0.793. The summed E-state index contributed by atoms with van der Waals surface area (Å²) < 4.78 is 0. The number of primary amides is 2. The Balaban J connectivity index is -0.000000188. The van der Waals surface area contributed by atoms with Gasteiger partial charge >= 0.3 is 0 Å². The molecular formula is C87H180N27O6+. The number of Topliss-reactive ketones (excluding diaryl/α,β-unsaturated/α-hetero) is 1. The molecule has 1 aliphatic rings. The number of aromatic amines is 6. The largest absolute Gasteiger partial charge is 0.512 e. The third kappa shape index (κ3) is 81.7. The van der Waals surface area contributed by atoms with Crippen LogP contribution >= 0.6 is 0 Å². The lowest BCUT2D eigenvalue weighted by Gasteiger charge is -2.18. The molecule has 0 saturated heterocycles. The second-order valence-corrected chi connectivity index (χ2v) is 35.8. The van der Waals surface area contributed by atoms with E-state index in [0.717, 1.165) is 47.1 Å². The minimum Gasteiger partial charge on any atom is -0.512 e. The second kappa shape index (κ2) is 74.2. The Morgan fingerprint density at radius 3 is 0.983 bits per heavy atom. The number of aliphatic imine (C=N–C) groups is 2. The molecule has 18 N–H and O–H groups in total. The number of tetrazole rings is 3. The lowest BCUT2D eigenvalue weighted by molar-refractivity contribution is -0.390. The molecule has 1 atom stereocenters. The Kier molecular flexibility index (Phi) is 78.5. The number of carbonyl (C=O) groups excluding carboxylic acids is 4. The molecule has 0 aliphatic carbocycles. The molecule has 5 aromatic heterocycles. The van der Waals surface area contributed by atoms with Crippen LogP contribution < -0.4 is 38.6 Å². The van der Waals surface area contributed by atoms with E-state index in [1.807, 2.05) is 192 Å². The molecule has 120 heavy (non-hydrogen) atoms. The number of hydrogen-bond donors (Lipinski definition) is 13. The van der Waals surface area contributed by atoms with Gasteiger partial charge in [0.15, 0.2) is 17.5 Å². The number of amidine groups is 2. The Morgan fingerprint density at radius 1 is 0.475 bits per heavy atom. The van der Waals surface area contributed by atoms with E-state index in [4.69, 9.17) is 28.0 Å². The zero-order valence-electron chi connectivity index (χ0n) is 83.5. The van der Waals surface area contributed by atoms with Gasteiger partial charge in [0.05, 0.1) is 29.1 Å². The van der Waals surface area contributed by atoms with Crippen molar-refractivity contribution >= 4 is 40.9 Å². The zero-order chi connectivity index (χ0) is 95.7. The molecule has 3 amide bonds. The first-order chi connectivity index (χ1) is 54.9. The molecule has 1 aliphatic heterocycles. The summed E-state index contributed by atoms with van der Waals surface area (Å²) in [6.45, 7) is 89.5. The van der Waals surface area contributed by atoms with Crippen LogP contribution in [0.4, 0.5) is 0 Å². The number of H-pyrrole nitrogens is 6. The molecule has 0 bridgehead atoms. The normalized spacial score (nSPS) is 12.0. The van der Waals surface area contributed by atoms with Crippen molar-refractivity contribution in [1.82, 2.24) is 87.5 Å². The first-order valence-corrected chi connectivity index (χ1v) is 43.2. The van der Waals surface area contributed by atoms with Crippen molar-refractivity contribution in [2.45, 2.75) is 383 Å². The quantitative estimate of drug-likeness (QED) is 0.0118. The van der Waals surface area contributed by atoms with Crippen LogP contribution in [-0.2, 0) is 19.2 Å². The van der Waals surface area contributed by atoms with Gasteiger partial charge in [-0.3, -0.25) is 34.5 Å². The van der Waals surface area contributed by atoms with E-state index in [2.05, 4.69) is 221 Å². The van der Waals surface area contributed by atoms with Crippen LogP contribution in [0.1, 0.15) is 393 Å². The molecule has 0 saturated carbocycles. The van der Waals surface area contributed by atoms with E-state index in [0.29, 0.717) is 113 Å². The number of hydrogen-bond acceptors (Lipinski definition) is 22. The second-order valence-electron chi connectivity index (χ2n) is 35.8. The number of aliphatic hydroxyl groups is 2. The van der Waals surface area contributed by atoms with Crippen molar-refractivity contribution < 1.29 is 34.4 Å². The topological polar surface area (TPSA) is 521 Å². The monoisotopic (exact) mass is 1700 g/mol. The van der Waals surface area contributed by atoms with E-state index in [-0.39, 0.29) is 59.6 Å². The molecule has 0 fully saturated rings. The van der Waals surface area contributed by atoms with Gasteiger partial charge in [0.1, 0.15) is 36.3 Å².